The molecule has 0 amide bonds. The summed E-state index contributed by atoms with van der Waals surface area (Å²) < 4.78 is 33.2. The lowest BCUT2D eigenvalue weighted by atomic mass is 10.2. The molecule has 68 valence electrons. The maximum Gasteiger partial charge on any atom is 0.333 e. The Morgan fingerprint density at radius 3 is 2.69 bits per heavy atom. The number of pyridine rings is 1. The molecule has 0 saturated heterocycles. The molecule has 0 atom stereocenters. The Balaban J connectivity index is 3.41. The number of rotatable bonds is 1. The number of nitriles is 1. The minimum Gasteiger partial charge on any atom is -0.259 e. The van der Waals surface area contributed by atoms with Crippen LogP contribution in [0, 0.1) is 18.3 Å². The molecule has 0 saturated carbocycles. The predicted molar refractivity (Wildman–Crippen MR) is 42.0 cm³/mol. The number of nitrogens with zero attached hydrogens (tertiary/aromatic N) is 2. The third-order valence-corrected chi connectivity index (χ3v) is 2.25. The van der Waals surface area contributed by atoms with Gasteiger partial charge in [-0.2, -0.15) is 13.7 Å². The van der Waals surface area contributed by atoms with E-state index in [9.17, 15) is 12.3 Å². The van der Waals surface area contributed by atoms with Crippen molar-refractivity contribution in [3.63, 3.8) is 0 Å². The van der Waals surface area contributed by atoms with Crippen molar-refractivity contribution in [3.8, 4) is 6.07 Å². The van der Waals surface area contributed by atoms with E-state index in [-0.39, 0.29) is 5.56 Å². The maximum absolute atomic E-state index is 12.4. The summed E-state index contributed by atoms with van der Waals surface area (Å²) >= 11 is 0. The first-order valence-electron chi connectivity index (χ1n) is 3.26. The fourth-order valence-electron chi connectivity index (χ4n) is 0.760. The lowest BCUT2D eigenvalue weighted by Gasteiger charge is -1.97. The first kappa shape index (κ1) is 9.61. The third-order valence-electron chi connectivity index (χ3n) is 1.46. The molecule has 0 radical (unpaired) electrons. The summed E-state index contributed by atoms with van der Waals surface area (Å²) in [4.78, 5) is 2.99. The highest BCUT2D eigenvalue weighted by Crippen LogP contribution is 2.13. The van der Waals surface area contributed by atoms with E-state index in [2.05, 4.69) is 4.98 Å². The van der Waals surface area contributed by atoms with E-state index in [1.54, 1.807) is 6.07 Å². The monoisotopic (exact) mass is 200 g/mol. The topological polar surface area (TPSA) is 70.8 Å². The molecule has 13 heavy (non-hydrogen) atoms. The van der Waals surface area contributed by atoms with Crippen molar-refractivity contribution in [2.24, 2.45) is 0 Å². The zero-order valence-corrected chi connectivity index (χ0v) is 7.47. The maximum atomic E-state index is 12.4. The Morgan fingerprint density at radius 2 is 2.23 bits per heavy atom. The lowest BCUT2D eigenvalue weighted by Crippen LogP contribution is -1.96. The van der Waals surface area contributed by atoms with E-state index in [1.807, 2.05) is 0 Å². The second-order valence-corrected chi connectivity index (χ2v) is 3.70. The van der Waals surface area contributed by atoms with Gasteiger partial charge in [-0.25, -0.2) is 0 Å². The summed E-state index contributed by atoms with van der Waals surface area (Å²) in [6, 6.07) is 2.67. The van der Waals surface area contributed by atoms with Gasteiger partial charge in [-0.1, -0.05) is 0 Å². The SMILES string of the molecule is Cc1ncc(S(=O)(=O)F)cc1C#N. The molecule has 0 fully saturated rings. The average Bonchev–Trinajstić information content (AvgIpc) is 2.03. The van der Waals surface area contributed by atoms with Gasteiger partial charge in [-0.3, -0.25) is 4.98 Å². The Hall–Kier alpha value is -1.48. The fourth-order valence-corrected chi connectivity index (χ4v) is 1.20. The fraction of sp³-hybridized carbons (Fsp3) is 0.143. The largest absolute Gasteiger partial charge is 0.333 e. The molecule has 0 spiro atoms. The van der Waals surface area contributed by atoms with Crippen LogP contribution in [0.3, 0.4) is 0 Å². The Kier molecular flexibility index (Phi) is 2.30. The molecule has 0 aliphatic carbocycles. The van der Waals surface area contributed by atoms with Crippen LogP contribution in [0.15, 0.2) is 17.2 Å². The number of aromatic nitrogens is 1. The summed E-state index contributed by atoms with van der Waals surface area (Å²) in [5.41, 5.74) is 0.425. The Morgan fingerprint density at radius 1 is 1.62 bits per heavy atom. The number of aryl methyl sites for hydroxylation is 1. The van der Waals surface area contributed by atoms with Gasteiger partial charge in [-0.05, 0) is 13.0 Å². The van der Waals surface area contributed by atoms with E-state index >= 15 is 0 Å². The molecule has 1 heterocycles. The van der Waals surface area contributed by atoms with E-state index in [1.165, 1.54) is 6.92 Å². The van der Waals surface area contributed by atoms with Crippen LogP contribution in [-0.2, 0) is 10.2 Å². The van der Waals surface area contributed by atoms with Crippen molar-refractivity contribution in [3.05, 3.63) is 23.5 Å². The van der Waals surface area contributed by atoms with Crippen LogP contribution in [-0.4, -0.2) is 13.4 Å². The van der Waals surface area contributed by atoms with Gasteiger partial charge in [-0.15, -0.1) is 3.89 Å². The molecule has 0 N–H and O–H groups in total. The van der Waals surface area contributed by atoms with Crippen molar-refractivity contribution in [1.29, 1.82) is 5.26 Å². The van der Waals surface area contributed by atoms with Gasteiger partial charge in [0.2, 0.25) is 0 Å². The number of halogens is 1. The third kappa shape index (κ3) is 2.00. The van der Waals surface area contributed by atoms with E-state index in [0.29, 0.717) is 5.69 Å². The standard InChI is InChI=1S/C7H5FN2O2S/c1-5-6(3-9)2-7(4-10-5)13(8,11)12/h2,4H,1H3. The van der Waals surface area contributed by atoms with Crippen molar-refractivity contribution in [2.75, 3.05) is 0 Å². The molecular weight excluding hydrogens is 195 g/mol. The van der Waals surface area contributed by atoms with Crippen LogP contribution in [0.1, 0.15) is 11.3 Å². The quantitative estimate of drug-likeness (QED) is 0.632. The Labute approximate surface area is 74.9 Å². The normalized spacial score (nSPS) is 10.8. The van der Waals surface area contributed by atoms with Gasteiger partial charge in [0.05, 0.1) is 11.3 Å². The summed E-state index contributed by atoms with van der Waals surface area (Å²) in [7, 11) is -4.77. The van der Waals surface area contributed by atoms with Crippen molar-refractivity contribution in [2.45, 2.75) is 11.8 Å². The van der Waals surface area contributed by atoms with E-state index < -0.39 is 15.1 Å². The first-order valence-corrected chi connectivity index (χ1v) is 4.65. The molecule has 0 aromatic carbocycles. The van der Waals surface area contributed by atoms with Gasteiger partial charge >= 0.3 is 10.2 Å². The second kappa shape index (κ2) is 3.11. The highest BCUT2D eigenvalue weighted by Gasteiger charge is 2.13. The number of hydrogen-bond donors (Lipinski definition) is 0. The van der Waals surface area contributed by atoms with E-state index in [4.69, 9.17) is 5.26 Å². The van der Waals surface area contributed by atoms with Gasteiger partial charge in [0.1, 0.15) is 11.0 Å². The summed E-state index contributed by atoms with van der Waals surface area (Å²) in [6.45, 7) is 1.53. The predicted octanol–water partition coefficient (Wildman–Crippen LogP) is 0.920. The summed E-state index contributed by atoms with van der Waals surface area (Å²) in [5.74, 6) is 0. The number of hydrogen-bond acceptors (Lipinski definition) is 4. The lowest BCUT2D eigenvalue weighted by molar-refractivity contribution is 0.551. The molecule has 1 rings (SSSR count). The highest BCUT2D eigenvalue weighted by molar-refractivity contribution is 7.86. The second-order valence-electron chi connectivity index (χ2n) is 2.35. The molecule has 0 unspecified atom stereocenters. The smallest absolute Gasteiger partial charge is 0.259 e. The van der Waals surface area contributed by atoms with Crippen LogP contribution in [0.4, 0.5) is 3.89 Å². The molecule has 0 bridgehead atoms. The molecule has 1 aromatic rings. The minimum absolute atomic E-state index is 0.0544. The van der Waals surface area contributed by atoms with Gasteiger partial charge in [0.15, 0.2) is 0 Å². The zero-order chi connectivity index (χ0) is 10.1. The van der Waals surface area contributed by atoms with Gasteiger partial charge < -0.3 is 0 Å². The van der Waals surface area contributed by atoms with Crippen molar-refractivity contribution < 1.29 is 12.3 Å². The minimum atomic E-state index is -4.77. The highest BCUT2D eigenvalue weighted by atomic mass is 32.3. The molecule has 4 nitrogen and oxygen atoms in total. The van der Waals surface area contributed by atoms with Crippen LogP contribution in [0.5, 0.6) is 0 Å². The molecule has 0 aliphatic heterocycles. The molecular formula is C7H5FN2O2S. The molecule has 1 aromatic heterocycles. The van der Waals surface area contributed by atoms with Crippen LogP contribution in [0.25, 0.3) is 0 Å². The molecule has 6 heteroatoms. The average molecular weight is 200 g/mol. The Bertz CT molecular complexity index is 476. The zero-order valence-electron chi connectivity index (χ0n) is 6.65. The van der Waals surface area contributed by atoms with Crippen molar-refractivity contribution >= 4 is 10.2 Å². The van der Waals surface area contributed by atoms with Gasteiger partial charge in [0.25, 0.3) is 0 Å². The van der Waals surface area contributed by atoms with E-state index in [0.717, 1.165) is 12.3 Å². The summed E-state index contributed by atoms with van der Waals surface area (Å²) in [5, 5.41) is 8.50. The van der Waals surface area contributed by atoms with Crippen molar-refractivity contribution in [1.82, 2.24) is 4.98 Å². The van der Waals surface area contributed by atoms with Crippen LogP contribution < -0.4 is 0 Å². The van der Waals surface area contributed by atoms with Gasteiger partial charge in [0, 0.05) is 6.20 Å². The molecule has 0 aliphatic rings. The first-order chi connectivity index (χ1) is 5.95. The van der Waals surface area contributed by atoms with Crippen LogP contribution in [0.2, 0.25) is 0 Å². The summed E-state index contributed by atoms with van der Waals surface area (Å²) in [6.07, 6.45) is 0.880. The van der Waals surface area contributed by atoms with Crippen LogP contribution >= 0.6 is 0 Å².